The highest BCUT2D eigenvalue weighted by Gasteiger charge is 1.98. The number of rotatable bonds is 8. The molecule has 0 saturated carbocycles. The number of nitrogens with zero attached hydrogens (tertiary/aromatic N) is 5. The van der Waals surface area contributed by atoms with Crippen LogP contribution in [-0.4, -0.2) is 61.6 Å². The molecule has 0 saturated heterocycles. The van der Waals surface area contributed by atoms with Crippen molar-refractivity contribution in [2.75, 3.05) is 46.8 Å². The van der Waals surface area contributed by atoms with E-state index in [1.165, 1.54) is 0 Å². The number of hydrogen-bond donors (Lipinski definition) is 1. The fourth-order valence-electron chi connectivity index (χ4n) is 1.66. The second-order valence-corrected chi connectivity index (χ2v) is 4.78. The second-order valence-electron chi connectivity index (χ2n) is 4.78. The fourth-order valence-corrected chi connectivity index (χ4v) is 1.66. The third kappa shape index (κ3) is 10.8. The topological polar surface area (TPSA) is 79.0 Å². The van der Waals surface area contributed by atoms with Crippen LogP contribution in [0.4, 0.5) is 0 Å². The first-order chi connectivity index (χ1) is 10.7. The van der Waals surface area contributed by atoms with Gasteiger partial charge < -0.3 is 5.32 Å². The second kappa shape index (κ2) is 14.0. The van der Waals surface area contributed by atoms with Crippen LogP contribution in [-0.2, 0) is 6.54 Å². The SMILES string of the molecule is CCN(CC#N)CCNC.CN(CC#N)Cc1ccccn1. The molecular weight excluding hydrogens is 276 g/mol. The zero-order valence-corrected chi connectivity index (χ0v) is 13.8. The Labute approximate surface area is 134 Å². The van der Waals surface area contributed by atoms with Crippen LogP contribution in [0.2, 0.25) is 0 Å². The van der Waals surface area contributed by atoms with Gasteiger partial charge in [0, 0.05) is 25.8 Å². The number of aromatic nitrogens is 1. The largest absolute Gasteiger partial charge is 0.318 e. The zero-order valence-electron chi connectivity index (χ0n) is 13.8. The summed E-state index contributed by atoms with van der Waals surface area (Å²) in [6.45, 7) is 6.64. The third-order valence-corrected chi connectivity index (χ3v) is 2.92. The lowest BCUT2D eigenvalue weighted by Gasteiger charge is -2.15. The van der Waals surface area contributed by atoms with E-state index in [1.807, 2.05) is 37.2 Å². The molecule has 22 heavy (non-hydrogen) atoms. The Morgan fingerprint density at radius 2 is 1.95 bits per heavy atom. The van der Waals surface area contributed by atoms with Gasteiger partial charge in [-0.2, -0.15) is 10.5 Å². The number of pyridine rings is 1. The van der Waals surface area contributed by atoms with E-state index in [0.717, 1.165) is 31.9 Å². The molecule has 0 atom stereocenters. The molecule has 0 amide bonds. The summed E-state index contributed by atoms with van der Waals surface area (Å²) in [4.78, 5) is 8.16. The highest BCUT2D eigenvalue weighted by Crippen LogP contribution is 1.97. The van der Waals surface area contributed by atoms with Gasteiger partial charge >= 0.3 is 0 Å². The molecule has 0 aliphatic rings. The van der Waals surface area contributed by atoms with E-state index in [9.17, 15) is 0 Å². The number of likely N-dealkylation sites (N-methyl/N-ethyl adjacent to an activating group) is 2. The van der Waals surface area contributed by atoms with Crippen molar-refractivity contribution in [1.82, 2.24) is 20.1 Å². The van der Waals surface area contributed by atoms with Crippen LogP contribution in [0.25, 0.3) is 0 Å². The first-order valence-electron chi connectivity index (χ1n) is 7.37. The lowest BCUT2D eigenvalue weighted by molar-refractivity contribution is 0.324. The summed E-state index contributed by atoms with van der Waals surface area (Å²) in [7, 11) is 3.82. The van der Waals surface area contributed by atoms with Crippen LogP contribution in [0.3, 0.4) is 0 Å². The molecule has 0 spiro atoms. The van der Waals surface area contributed by atoms with Crippen LogP contribution in [0, 0.1) is 22.7 Å². The van der Waals surface area contributed by atoms with Gasteiger partial charge in [-0.25, -0.2) is 0 Å². The smallest absolute Gasteiger partial charge is 0.0866 e. The van der Waals surface area contributed by atoms with Crippen molar-refractivity contribution < 1.29 is 0 Å². The predicted molar refractivity (Wildman–Crippen MR) is 87.8 cm³/mol. The van der Waals surface area contributed by atoms with Crippen molar-refractivity contribution in [3.63, 3.8) is 0 Å². The van der Waals surface area contributed by atoms with Gasteiger partial charge in [-0.05, 0) is 32.8 Å². The maximum Gasteiger partial charge on any atom is 0.0866 e. The van der Waals surface area contributed by atoms with E-state index in [1.54, 1.807) is 6.20 Å². The highest BCUT2D eigenvalue weighted by molar-refractivity contribution is 5.03. The maximum absolute atomic E-state index is 8.40. The molecule has 1 aromatic rings. The van der Waals surface area contributed by atoms with Crippen LogP contribution in [0.1, 0.15) is 12.6 Å². The van der Waals surface area contributed by atoms with E-state index in [4.69, 9.17) is 10.5 Å². The Hall–Kier alpha value is -1.99. The normalized spacial score (nSPS) is 9.77. The molecule has 0 bridgehead atoms. The van der Waals surface area contributed by atoms with E-state index in [-0.39, 0.29) is 0 Å². The molecule has 0 aliphatic carbocycles. The molecule has 0 unspecified atom stereocenters. The summed E-state index contributed by atoms with van der Waals surface area (Å²) in [5.41, 5.74) is 0.996. The van der Waals surface area contributed by atoms with Crippen molar-refractivity contribution in [1.29, 1.82) is 10.5 Å². The Kier molecular flexibility index (Phi) is 12.7. The Morgan fingerprint density at radius 3 is 2.45 bits per heavy atom. The molecule has 6 heteroatoms. The summed E-state index contributed by atoms with van der Waals surface area (Å²) in [5, 5.41) is 19.8. The van der Waals surface area contributed by atoms with E-state index >= 15 is 0 Å². The fraction of sp³-hybridized carbons (Fsp3) is 0.562. The van der Waals surface area contributed by atoms with Gasteiger partial charge in [-0.15, -0.1) is 0 Å². The van der Waals surface area contributed by atoms with Gasteiger partial charge in [-0.3, -0.25) is 14.8 Å². The molecule has 0 radical (unpaired) electrons. The van der Waals surface area contributed by atoms with Crippen molar-refractivity contribution in [3.05, 3.63) is 30.1 Å². The van der Waals surface area contributed by atoms with Crippen molar-refractivity contribution in [2.45, 2.75) is 13.5 Å². The molecule has 0 fully saturated rings. The Bertz CT molecular complexity index is 448. The summed E-state index contributed by atoms with van der Waals surface area (Å²) in [5.74, 6) is 0. The predicted octanol–water partition coefficient (Wildman–Crippen LogP) is 1.09. The highest BCUT2D eigenvalue weighted by atomic mass is 15.1. The minimum absolute atomic E-state index is 0.441. The lowest BCUT2D eigenvalue weighted by atomic mass is 10.3. The molecule has 120 valence electrons. The molecular formula is C16H26N6. The quantitative estimate of drug-likeness (QED) is 0.724. The van der Waals surface area contributed by atoms with E-state index in [2.05, 4.69) is 34.3 Å². The lowest BCUT2D eigenvalue weighted by Crippen LogP contribution is -2.30. The number of nitrogens with one attached hydrogen (secondary N) is 1. The molecule has 6 nitrogen and oxygen atoms in total. The summed E-state index contributed by atoms with van der Waals surface area (Å²) >= 11 is 0. The average molecular weight is 302 g/mol. The molecule has 1 heterocycles. The monoisotopic (exact) mass is 302 g/mol. The maximum atomic E-state index is 8.40. The first-order valence-corrected chi connectivity index (χ1v) is 7.37. The van der Waals surface area contributed by atoms with E-state index < -0.39 is 0 Å². The average Bonchev–Trinajstić information content (AvgIpc) is 2.53. The standard InChI is InChI=1S/C9H11N3.C7H15N3/c1-12(7-5-10)8-9-4-2-3-6-11-9;1-3-10(6-4-8)7-5-9-2/h2-4,6H,7-8H2,1H3;9H,3,5-7H2,1-2H3. The zero-order chi connectivity index (χ0) is 16.6. The van der Waals surface area contributed by atoms with Crippen LogP contribution in [0.15, 0.2) is 24.4 Å². The molecule has 1 rings (SSSR count). The van der Waals surface area contributed by atoms with Gasteiger partial charge in [0.1, 0.15) is 0 Å². The van der Waals surface area contributed by atoms with E-state index in [0.29, 0.717) is 13.1 Å². The van der Waals surface area contributed by atoms with Gasteiger partial charge in [0.25, 0.3) is 0 Å². The van der Waals surface area contributed by atoms with Gasteiger partial charge in [0.2, 0.25) is 0 Å². The Morgan fingerprint density at radius 1 is 1.23 bits per heavy atom. The summed E-state index contributed by atoms with van der Waals surface area (Å²) in [6, 6.07) is 9.99. The van der Waals surface area contributed by atoms with Crippen LogP contribution < -0.4 is 5.32 Å². The van der Waals surface area contributed by atoms with Gasteiger partial charge in [-0.1, -0.05) is 13.0 Å². The molecule has 1 aromatic heterocycles. The first kappa shape index (κ1) is 20.0. The third-order valence-electron chi connectivity index (χ3n) is 2.92. The molecule has 0 aromatic carbocycles. The molecule has 1 N–H and O–H groups in total. The minimum atomic E-state index is 0.441. The molecule has 0 aliphatic heterocycles. The van der Waals surface area contributed by atoms with Crippen LogP contribution >= 0.6 is 0 Å². The van der Waals surface area contributed by atoms with Crippen molar-refractivity contribution >= 4 is 0 Å². The van der Waals surface area contributed by atoms with Gasteiger partial charge in [0.15, 0.2) is 0 Å². The van der Waals surface area contributed by atoms with Crippen molar-refractivity contribution in [3.8, 4) is 12.1 Å². The van der Waals surface area contributed by atoms with Gasteiger partial charge in [0.05, 0.1) is 30.9 Å². The van der Waals surface area contributed by atoms with Crippen molar-refractivity contribution in [2.24, 2.45) is 0 Å². The minimum Gasteiger partial charge on any atom is -0.318 e. The van der Waals surface area contributed by atoms with Crippen LogP contribution in [0.5, 0.6) is 0 Å². The Balaban J connectivity index is 0.000000409. The summed E-state index contributed by atoms with van der Waals surface area (Å²) in [6.07, 6.45) is 1.76. The summed E-state index contributed by atoms with van der Waals surface area (Å²) < 4.78 is 0. The number of hydrogen-bond acceptors (Lipinski definition) is 6. The number of nitriles is 2.